The van der Waals surface area contributed by atoms with Gasteiger partial charge in [0.2, 0.25) is 0 Å². The predicted molar refractivity (Wildman–Crippen MR) is 69.6 cm³/mol. The van der Waals surface area contributed by atoms with Crippen molar-refractivity contribution < 1.29 is 4.79 Å². The number of H-pyrrole nitrogens is 1. The Labute approximate surface area is 109 Å². The number of Topliss-reactive ketones (excluding diaryl/α,β-unsaturated/α-hetero) is 1. The fourth-order valence-corrected chi connectivity index (χ4v) is 1.74. The van der Waals surface area contributed by atoms with E-state index in [0.717, 1.165) is 0 Å². The first kappa shape index (κ1) is 12.7. The number of aromatic amines is 1. The van der Waals surface area contributed by atoms with Gasteiger partial charge in [0.05, 0.1) is 12.0 Å². The van der Waals surface area contributed by atoms with Crippen LogP contribution < -0.4 is 5.56 Å². The molecule has 1 heterocycles. The van der Waals surface area contributed by atoms with Crippen molar-refractivity contribution in [1.82, 2.24) is 9.97 Å². The van der Waals surface area contributed by atoms with Crippen LogP contribution in [0.1, 0.15) is 29.3 Å². The molecule has 1 aromatic heterocycles. The van der Waals surface area contributed by atoms with Gasteiger partial charge in [-0.2, -0.15) is 5.26 Å². The maximum Gasteiger partial charge on any atom is 0.269 e. The van der Waals surface area contributed by atoms with Gasteiger partial charge in [0, 0.05) is 17.5 Å². The van der Waals surface area contributed by atoms with E-state index in [-0.39, 0.29) is 11.3 Å². The third kappa shape index (κ3) is 2.43. The molecule has 1 N–H and O–H groups in total. The van der Waals surface area contributed by atoms with Crippen molar-refractivity contribution in [3.63, 3.8) is 0 Å². The number of carbonyl (C=O) groups excluding carboxylic acids is 1. The maximum atomic E-state index is 11.5. The van der Waals surface area contributed by atoms with Gasteiger partial charge in [-0.1, -0.05) is 31.2 Å². The summed E-state index contributed by atoms with van der Waals surface area (Å²) in [5.74, 6) is 0.0472. The third-order valence-corrected chi connectivity index (χ3v) is 2.77. The van der Waals surface area contributed by atoms with Crippen LogP contribution in [0.15, 0.2) is 35.4 Å². The predicted octanol–water partition coefficient (Wildman–Crippen LogP) is 1.90. The Balaban J connectivity index is 2.50. The van der Waals surface area contributed by atoms with E-state index in [0.29, 0.717) is 23.2 Å². The van der Waals surface area contributed by atoms with Crippen molar-refractivity contribution in [2.75, 3.05) is 0 Å². The van der Waals surface area contributed by atoms with E-state index in [2.05, 4.69) is 9.97 Å². The third-order valence-electron chi connectivity index (χ3n) is 2.77. The summed E-state index contributed by atoms with van der Waals surface area (Å²) in [6.07, 6.45) is 1.69. The first-order chi connectivity index (χ1) is 9.17. The fraction of sp³-hybridized carbons (Fsp3) is 0.143. The maximum absolute atomic E-state index is 11.5. The highest BCUT2D eigenvalue weighted by atomic mass is 16.1. The Morgan fingerprint density at radius 2 is 2.05 bits per heavy atom. The molecule has 2 rings (SSSR count). The molecule has 0 atom stereocenters. The molecular weight excluding hydrogens is 242 g/mol. The zero-order chi connectivity index (χ0) is 13.8. The SMILES string of the molecule is CCC(=O)c1ccc(-c2nc[nH]c(=O)c2C#N)cc1. The molecule has 0 unspecified atom stereocenters. The minimum atomic E-state index is -0.471. The Kier molecular flexibility index (Phi) is 3.53. The zero-order valence-corrected chi connectivity index (χ0v) is 10.3. The van der Waals surface area contributed by atoms with E-state index >= 15 is 0 Å². The van der Waals surface area contributed by atoms with E-state index in [1.54, 1.807) is 31.2 Å². The number of benzene rings is 1. The van der Waals surface area contributed by atoms with Crippen LogP contribution in [0.25, 0.3) is 11.3 Å². The fourth-order valence-electron chi connectivity index (χ4n) is 1.74. The summed E-state index contributed by atoms with van der Waals surface area (Å²) in [7, 11) is 0. The van der Waals surface area contributed by atoms with E-state index < -0.39 is 5.56 Å². The van der Waals surface area contributed by atoms with Crippen molar-refractivity contribution in [3.8, 4) is 17.3 Å². The minimum Gasteiger partial charge on any atom is -0.312 e. The molecular formula is C14H11N3O2. The number of nitriles is 1. The molecule has 0 aliphatic rings. The number of carbonyl (C=O) groups is 1. The Hall–Kier alpha value is -2.74. The molecule has 94 valence electrons. The van der Waals surface area contributed by atoms with Crippen LogP contribution in [0.2, 0.25) is 0 Å². The number of nitrogens with zero attached hydrogens (tertiary/aromatic N) is 2. The normalized spacial score (nSPS) is 9.89. The lowest BCUT2D eigenvalue weighted by molar-refractivity contribution is 0.0988. The Morgan fingerprint density at radius 1 is 1.37 bits per heavy atom. The van der Waals surface area contributed by atoms with E-state index in [9.17, 15) is 9.59 Å². The molecule has 19 heavy (non-hydrogen) atoms. The van der Waals surface area contributed by atoms with Crippen LogP contribution in [0, 0.1) is 11.3 Å². The lowest BCUT2D eigenvalue weighted by Crippen LogP contribution is -2.12. The molecule has 0 aliphatic heterocycles. The lowest BCUT2D eigenvalue weighted by atomic mass is 10.0. The van der Waals surface area contributed by atoms with Gasteiger partial charge < -0.3 is 4.98 Å². The topological polar surface area (TPSA) is 86.6 Å². The van der Waals surface area contributed by atoms with Crippen LogP contribution in [0.4, 0.5) is 0 Å². The number of nitrogens with one attached hydrogen (secondary N) is 1. The van der Waals surface area contributed by atoms with Crippen molar-refractivity contribution in [2.45, 2.75) is 13.3 Å². The van der Waals surface area contributed by atoms with Crippen molar-refractivity contribution >= 4 is 5.78 Å². The lowest BCUT2D eigenvalue weighted by Gasteiger charge is -2.03. The molecule has 0 saturated carbocycles. The van der Waals surface area contributed by atoms with Gasteiger partial charge in [0.15, 0.2) is 5.78 Å². The zero-order valence-electron chi connectivity index (χ0n) is 10.3. The molecule has 5 heteroatoms. The van der Waals surface area contributed by atoms with E-state index in [4.69, 9.17) is 5.26 Å². The van der Waals surface area contributed by atoms with Crippen molar-refractivity contribution in [2.24, 2.45) is 0 Å². The first-order valence-electron chi connectivity index (χ1n) is 5.78. The van der Waals surface area contributed by atoms with Crippen LogP contribution >= 0.6 is 0 Å². The second-order valence-electron chi connectivity index (χ2n) is 3.92. The van der Waals surface area contributed by atoms with Gasteiger partial charge >= 0.3 is 0 Å². The molecule has 0 radical (unpaired) electrons. The summed E-state index contributed by atoms with van der Waals surface area (Å²) in [4.78, 5) is 29.4. The number of hydrogen-bond acceptors (Lipinski definition) is 4. The van der Waals surface area contributed by atoms with Gasteiger partial charge in [-0.3, -0.25) is 9.59 Å². The van der Waals surface area contributed by atoms with Crippen molar-refractivity contribution in [1.29, 1.82) is 5.26 Å². The monoisotopic (exact) mass is 253 g/mol. The molecule has 0 bridgehead atoms. The largest absolute Gasteiger partial charge is 0.312 e. The highest BCUT2D eigenvalue weighted by molar-refractivity contribution is 5.96. The summed E-state index contributed by atoms with van der Waals surface area (Å²) in [5.41, 5.74) is 1.06. The summed E-state index contributed by atoms with van der Waals surface area (Å²) >= 11 is 0. The second-order valence-corrected chi connectivity index (χ2v) is 3.92. The van der Waals surface area contributed by atoms with Crippen LogP contribution in [-0.2, 0) is 0 Å². The summed E-state index contributed by atoms with van der Waals surface area (Å²) in [6.45, 7) is 1.79. The molecule has 0 amide bonds. The first-order valence-corrected chi connectivity index (χ1v) is 5.78. The van der Waals surface area contributed by atoms with Gasteiger partial charge in [0.25, 0.3) is 5.56 Å². The molecule has 2 aromatic rings. The minimum absolute atomic E-state index is 0.0305. The molecule has 0 aliphatic carbocycles. The Morgan fingerprint density at radius 3 is 2.63 bits per heavy atom. The van der Waals surface area contributed by atoms with Crippen molar-refractivity contribution in [3.05, 3.63) is 52.1 Å². The molecule has 0 fully saturated rings. The summed E-state index contributed by atoms with van der Waals surface area (Å²) in [6, 6.07) is 8.55. The van der Waals surface area contributed by atoms with Gasteiger partial charge in [-0.25, -0.2) is 4.98 Å². The van der Waals surface area contributed by atoms with Gasteiger partial charge in [0.1, 0.15) is 11.6 Å². The van der Waals surface area contributed by atoms with Gasteiger partial charge in [-0.05, 0) is 0 Å². The average Bonchev–Trinajstić information content (AvgIpc) is 2.46. The Bertz CT molecular complexity index is 709. The quantitative estimate of drug-likeness (QED) is 0.846. The molecule has 0 spiro atoms. The molecule has 5 nitrogen and oxygen atoms in total. The highest BCUT2D eigenvalue weighted by Crippen LogP contribution is 2.19. The average molecular weight is 253 g/mol. The van der Waals surface area contributed by atoms with E-state index in [1.807, 2.05) is 6.07 Å². The molecule has 1 aromatic carbocycles. The van der Waals surface area contributed by atoms with E-state index in [1.165, 1.54) is 6.33 Å². The standard InChI is InChI=1S/C14H11N3O2/c1-2-12(18)9-3-5-10(6-4-9)13-11(7-15)14(19)17-8-16-13/h3-6,8H,2H2,1H3,(H,16,17,19). The van der Waals surface area contributed by atoms with Crippen LogP contribution in [-0.4, -0.2) is 15.8 Å². The summed E-state index contributed by atoms with van der Waals surface area (Å²) < 4.78 is 0. The number of hydrogen-bond donors (Lipinski definition) is 1. The molecule has 0 saturated heterocycles. The number of rotatable bonds is 3. The number of ketones is 1. The summed E-state index contributed by atoms with van der Waals surface area (Å²) in [5, 5.41) is 8.98. The number of aromatic nitrogens is 2. The second kappa shape index (κ2) is 5.27. The highest BCUT2D eigenvalue weighted by Gasteiger charge is 2.11. The van der Waals surface area contributed by atoms with Gasteiger partial charge in [-0.15, -0.1) is 0 Å². The van der Waals surface area contributed by atoms with Crippen LogP contribution in [0.5, 0.6) is 0 Å². The van der Waals surface area contributed by atoms with Crippen LogP contribution in [0.3, 0.4) is 0 Å². The smallest absolute Gasteiger partial charge is 0.269 e.